The number of carbonyl (C=O) groups is 1. The molecule has 4 aromatic heterocycles. The summed E-state index contributed by atoms with van der Waals surface area (Å²) in [5.41, 5.74) is 0.330. The van der Waals surface area contributed by atoms with Crippen LogP contribution in [0.15, 0.2) is 70.6 Å². The highest BCUT2D eigenvalue weighted by molar-refractivity contribution is 14.1. The molecule has 0 aliphatic heterocycles. The summed E-state index contributed by atoms with van der Waals surface area (Å²) in [6.45, 7) is 0. The largest absolute Gasteiger partial charge is 0.337 e. The first-order chi connectivity index (χ1) is 18.8. The first-order valence-electron chi connectivity index (χ1n) is 12.5. The lowest BCUT2D eigenvalue weighted by Gasteiger charge is -2.29. The van der Waals surface area contributed by atoms with Crippen molar-refractivity contribution in [3.63, 3.8) is 0 Å². The van der Waals surface area contributed by atoms with Gasteiger partial charge < -0.3 is 4.40 Å². The third-order valence-electron chi connectivity index (χ3n) is 7.31. The van der Waals surface area contributed by atoms with E-state index in [0.29, 0.717) is 37.0 Å². The van der Waals surface area contributed by atoms with E-state index in [2.05, 4.69) is 32.6 Å². The van der Waals surface area contributed by atoms with Crippen molar-refractivity contribution in [1.82, 2.24) is 23.5 Å². The first-order valence-corrected chi connectivity index (χ1v) is 13.6. The van der Waals surface area contributed by atoms with E-state index in [4.69, 9.17) is 0 Å². The molecule has 1 fully saturated rings. The summed E-state index contributed by atoms with van der Waals surface area (Å²) in [5, 5.41) is 0.0362. The summed E-state index contributed by atoms with van der Waals surface area (Å²) in [6.07, 6.45) is 6.37. The normalized spacial score (nSPS) is 17.6. The lowest BCUT2D eigenvalue weighted by Crippen LogP contribution is -2.43. The molecule has 0 saturated heterocycles. The summed E-state index contributed by atoms with van der Waals surface area (Å²) >= 11 is 2.14. The molecule has 8 nitrogen and oxygen atoms in total. The predicted octanol–water partition coefficient (Wildman–Crippen LogP) is 5.08. The van der Waals surface area contributed by atoms with Crippen molar-refractivity contribution in [2.75, 3.05) is 0 Å². The molecule has 1 saturated carbocycles. The summed E-state index contributed by atoms with van der Waals surface area (Å²) in [5.74, 6) is -1.15. The van der Waals surface area contributed by atoms with Crippen LogP contribution in [-0.4, -0.2) is 29.3 Å². The quantitative estimate of drug-likeness (QED) is 0.197. The van der Waals surface area contributed by atoms with Gasteiger partial charge in [-0.2, -0.15) is 0 Å². The molecule has 0 radical (unpaired) electrons. The highest BCUT2D eigenvalue weighted by Crippen LogP contribution is 2.33. The van der Waals surface area contributed by atoms with Gasteiger partial charge in [0.1, 0.15) is 23.0 Å². The second-order valence-corrected chi connectivity index (χ2v) is 11.1. The summed E-state index contributed by atoms with van der Waals surface area (Å²) in [7, 11) is 0. The number of hydrogen-bond acceptors (Lipinski definition) is 5. The van der Waals surface area contributed by atoms with Gasteiger partial charge in [0.25, 0.3) is 5.56 Å². The molecular weight excluding hydrogens is 619 g/mol. The first kappa shape index (κ1) is 25.5. The van der Waals surface area contributed by atoms with Gasteiger partial charge in [0.15, 0.2) is 11.4 Å². The number of halogens is 3. The molecular formula is C28H22F2IN5O3. The van der Waals surface area contributed by atoms with Crippen LogP contribution in [-0.2, 0) is 0 Å². The van der Waals surface area contributed by atoms with Gasteiger partial charge in [-0.1, -0.05) is 6.07 Å². The Labute approximate surface area is 234 Å². The number of rotatable bonds is 5. The molecule has 198 valence electrons. The van der Waals surface area contributed by atoms with Gasteiger partial charge in [-0.05, 0) is 90.6 Å². The molecule has 0 bridgehead atoms. The molecule has 0 N–H and O–H groups in total. The van der Waals surface area contributed by atoms with Crippen LogP contribution in [0.2, 0.25) is 0 Å². The van der Waals surface area contributed by atoms with E-state index in [0.717, 1.165) is 15.8 Å². The number of nitrogens with zero attached hydrogens (tertiary/aromatic N) is 5. The molecule has 39 heavy (non-hydrogen) atoms. The fourth-order valence-corrected chi connectivity index (χ4v) is 5.95. The standard InChI is InChI=1S/C28H22F2IN5O3/c29-17-6-9-25-33-23(15-34(25)14-17)24(37)10-16-4-7-20(8-5-16)36-27(38)22-11-18(30)13-32-26(22)35(28(36)39)21-3-1-2-19(31)12-21/h1-3,6,9,11-16,20H,4-5,7-8,10H2. The van der Waals surface area contributed by atoms with Crippen LogP contribution >= 0.6 is 22.6 Å². The highest BCUT2D eigenvalue weighted by atomic mass is 127. The number of fused-ring (bicyclic) bond motifs is 2. The third-order valence-corrected chi connectivity index (χ3v) is 7.99. The number of carbonyl (C=O) groups excluding carboxylic acids is 1. The Morgan fingerprint density at radius 2 is 1.79 bits per heavy atom. The zero-order valence-corrected chi connectivity index (χ0v) is 22.7. The van der Waals surface area contributed by atoms with Crippen molar-refractivity contribution < 1.29 is 13.6 Å². The van der Waals surface area contributed by atoms with Crippen molar-refractivity contribution in [3.05, 3.63) is 103 Å². The minimum absolute atomic E-state index is 0.0362. The van der Waals surface area contributed by atoms with Gasteiger partial charge >= 0.3 is 5.69 Å². The van der Waals surface area contributed by atoms with Crippen LogP contribution in [0.1, 0.15) is 48.6 Å². The van der Waals surface area contributed by atoms with Crippen molar-refractivity contribution >= 4 is 45.1 Å². The summed E-state index contributed by atoms with van der Waals surface area (Å²) in [4.78, 5) is 48.5. The van der Waals surface area contributed by atoms with E-state index in [1.165, 1.54) is 38.1 Å². The van der Waals surface area contributed by atoms with Gasteiger partial charge in [0.2, 0.25) is 0 Å². The molecule has 11 heteroatoms. The molecule has 1 aromatic carbocycles. The predicted molar refractivity (Wildman–Crippen MR) is 149 cm³/mol. The van der Waals surface area contributed by atoms with Crippen molar-refractivity contribution in [3.8, 4) is 5.69 Å². The molecule has 4 heterocycles. The minimum Gasteiger partial charge on any atom is -0.303 e. The second-order valence-electron chi connectivity index (χ2n) is 9.84. The minimum atomic E-state index is -0.657. The Hall–Kier alpha value is -3.74. The number of aromatic nitrogens is 5. The fraction of sp³-hybridized carbons (Fsp3) is 0.250. The number of Topliss-reactive ketones (excluding diaryl/α,β-unsaturated/α-hetero) is 1. The van der Waals surface area contributed by atoms with Gasteiger partial charge in [0.05, 0.1) is 17.3 Å². The van der Waals surface area contributed by atoms with Crippen molar-refractivity contribution in [1.29, 1.82) is 0 Å². The Morgan fingerprint density at radius 3 is 2.56 bits per heavy atom. The van der Waals surface area contributed by atoms with E-state index in [1.54, 1.807) is 18.2 Å². The van der Waals surface area contributed by atoms with Crippen LogP contribution in [0.25, 0.3) is 22.4 Å². The number of imidazole rings is 1. The van der Waals surface area contributed by atoms with E-state index in [9.17, 15) is 23.2 Å². The molecule has 0 atom stereocenters. The Kier molecular flexibility index (Phi) is 6.61. The topological polar surface area (TPSA) is 91.3 Å². The Morgan fingerprint density at radius 1 is 1.00 bits per heavy atom. The fourth-order valence-electron chi connectivity index (χ4n) is 5.43. The zero-order valence-electron chi connectivity index (χ0n) is 20.6. The van der Waals surface area contributed by atoms with E-state index in [1.807, 2.05) is 6.07 Å². The Bertz CT molecular complexity index is 1870. The van der Waals surface area contributed by atoms with E-state index < -0.39 is 28.9 Å². The molecule has 0 spiro atoms. The lowest BCUT2D eigenvalue weighted by atomic mass is 9.82. The number of pyridine rings is 2. The molecule has 6 rings (SSSR count). The monoisotopic (exact) mass is 641 g/mol. The van der Waals surface area contributed by atoms with Crippen LogP contribution in [0.4, 0.5) is 8.78 Å². The molecule has 0 unspecified atom stereocenters. The number of benzene rings is 1. The van der Waals surface area contributed by atoms with E-state index in [-0.39, 0.29) is 34.8 Å². The van der Waals surface area contributed by atoms with Crippen molar-refractivity contribution in [2.24, 2.45) is 5.92 Å². The summed E-state index contributed by atoms with van der Waals surface area (Å²) < 4.78 is 32.6. The smallest absolute Gasteiger partial charge is 0.303 e. The lowest BCUT2D eigenvalue weighted by molar-refractivity contribution is 0.0938. The van der Waals surface area contributed by atoms with Gasteiger partial charge in [-0.25, -0.2) is 28.1 Å². The number of hydrogen-bond donors (Lipinski definition) is 0. The third kappa shape index (κ3) is 4.79. The zero-order chi connectivity index (χ0) is 27.3. The van der Waals surface area contributed by atoms with Gasteiger partial charge in [0, 0.05) is 28.4 Å². The maximum atomic E-state index is 14.1. The van der Waals surface area contributed by atoms with Gasteiger partial charge in [-0.15, -0.1) is 0 Å². The van der Waals surface area contributed by atoms with Crippen LogP contribution < -0.4 is 11.2 Å². The number of ketones is 1. The van der Waals surface area contributed by atoms with Gasteiger partial charge in [-0.3, -0.25) is 14.2 Å². The maximum Gasteiger partial charge on any atom is 0.337 e. The average molecular weight is 641 g/mol. The van der Waals surface area contributed by atoms with Crippen molar-refractivity contribution in [2.45, 2.75) is 38.1 Å². The van der Waals surface area contributed by atoms with Crippen LogP contribution in [0.5, 0.6) is 0 Å². The molecule has 1 aliphatic carbocycles. The molecule has 0 amide bonds. The Balaban J connectivity index is 1.28. The molecule has 5 aromatic rings. The maximum absolute atomic E-state index is 14.1. The van der Waals surface area contributed by atoms with E-state index >= 15 is 0 Å². The average Bonchev–Trinajstić information content (AvgIpc) is 3.34. The SMILES string of the molecule is O=C(CC1CCC(n2c(=O)c3cc(F)cnc3n(-c3cccc(I)c3)c2=O)CC1)c1cn2cc(F)ccc2n1. The highest BCUT2D eigenvalue weighted by Gasteiger charge is 2.29. The summed E-state index contributed by atoms with van der Waals surface area (Å²) in [6, 6.07) is 10.8. The second kappa shape index (κ2) is 10.1. The molecule has 1 aliphatic rings. The van der Waals surface area contributed by atoms with Crippen LogP contribution in [0, 0.1) is 21.1 Å². The van der Waals surface area contributed by atoms with Crippen LogP contribution in [0.3, 0.4) is 0 Å².